The highest BCUT2D eigenvalue weighted by atomic mass is 35.5. The van der Waals surface area contributed by atoms with E-state index in [9.17, 15) is 30.7 Å². The molecule has 0 amide bonds. The Morgan fingerprint density at radius 2 is 0.670 bits per heavy atom. The molecule has 9 aliphatic rings. The highest BCUT2D eigenvalue weighted by molar-refractivity contribution is 6.32. The van der Waals surface area contributed by atoms with Gasteiger partial charge in [-0.2, -0.15) is 13.2 Å². The first-order chi connectivity index (χ1) is 54.1. The predicted octanol–water partition coefficient (Wildman–Crippen LogP) is 27.2. The van der Waals surface area contributed by atoms with Crippen molar-refractivity contribution in [1.29, 1.82) is 0 Å². The number of rotatable bonds is 3. The van der Waals surface area contributed by atoms with Crippen LogP contribution in [0.2, 0.25) is 10.0 Å². The fraction of sp³-hybridized carbons (Fsp3) is 0.330. The largest absolute Gasteiger partial charge is 0.573 e. The number of nitrogens with zero attached hydrogens (tertiary/aromatic N) is 9. The van der Waals surface area contributed by atoms with Crippen molar-refractivity contribution in [1.82, 2.24) is 0 Å². The van der Waals surface area contributed by atoms with Gasteiger partial charge in [-0.15, -0.1) is 13.2 Å². The minimum atomic E-state index is -4.64. The molecular weight excluding hydrogens is 1510 g/mol. The summed E-state index contributed by atoms with van der Waals surface area (Å²) >= 11 is 11.5. The van der Waals surface area contributed by atoms with Gasteiger partial charge in [0.15, 0.2) is 11.5 Å². The second-order valence-corrected chi connectivity index (χ2v) is 31.4. The van der Waals surface area contributed by atoms with E-state index in [0.717, 1.165) is 124 Å². The van der Waals surface area contributed by atoms with Crippen LogP contribution < -0.4 is 14.2 Å². The summed E-state index contributed by atoms with van der Waals surface area (Å²) < 4.78 is 101. The second-order valence-electron chi connectivity index (χ2n) is 30.6. The minimum absolute atomic E-state index is 0.126. The smallest absolute Gasteiger partial charge is 0.493 e. The minimum Gasteiger partial charge on any atom is -0.493 e. The maximum atomic E-state index is 13.1. The number of aryl methyl sites for hydroxylation is 8. The maximum Gasteiger partial charge on any atom is 0.573 e. The van der Waals surface area contributed by atoms with Gasteiger partial charge in [0.1, 0.15) is 11.6 Å². The zero-order chi connectivity index (χ0) is 83.8. The number of fused-ring (bicyclic) bond motifs is 9. The van der Waals surface area contributed by atoms with E-state index in [4.69, 9.17) is 32.7 Å². The normalized spacial score (nSPS) is 14.5. The summed E-state index contributed by atoms with van der Waals surface area (Å²) in [4.78, 5) is 39.3. The number of hydrogen-bond donors (Lipinski definition) is 0. The Kier molecular flexibility index (Phi) is 27.9. The zero-order valence-corrected chi connectivity index (χ0v) is 70.6. The third-order valence-corrected chi connectivity index (χ3v) is 20.8. The summed E-state index contributed by atoms with van der Waals surface area (Å²) in [6.07, 6.45) is -1.15. The first kappa shape index (κ1) is 86.9. The van der Waals surface area contributed by atoms with E-state index in [0.29, 0.717) is 29.7 Å². The lowest BCUT2D eigenvalue weighted by Crippen LogP contribution is -2.17. The van der Waals surface area contributed by atoms with Crippen LogP contribution >= 0.6 is 23.2 Å². The van der Waals surface area contributed by atoms with Crippen LogP contribution in [0.25, 0.3) is 0 Å². The molecule has 0 atom stereocenters. The van der Waals surface area contributed by atoms with Crippen molar-refractivity contribution in [2.75, 3.05) is 14.2 Å². The van der Waals surface area contributed by atoms with Crippen molar-refractivity contribution in [3.63, 3.8) is 0 Å². The van der Waals surface area contributed by atoms with E-state index in [1.807, 2.05) is 52.0 Å². The fourth-order valence-corrected chi connectivity index (χ4v) is 14.9. The quantitative estimate of drug-likeness (QED) is 0.163. The standard InChI is InChI=1S/C11H13NO2.3C11H13N.C10H7ClF3N.C10H10ClN.C10H8F3NO.C10H10FN.C10H11N/c1-7-4-8-5-10(13-2)11(14-3)6-9(8)12-7;1-7-4-10-6-9(3)12-11(10)5-8(7)2;2*1-7-4-8(2)10-6-9(3)12-11(10)5-7;1-5-2-6-3-7(10(12,13)14)8(11)4-9(6)15-5;1-6-5-8-7(2)9(11)3-4-10(8)12-6;1-6-4-7-5-8(15-10(11,12)13)2-3-9(7)14-6;1-6-3-10-8(5-9(6)11)4-7(2)12-10;1-7-3-4-9-6-8(2)11-10(9)5-7/h5-6H,4H2,1-3H3;3*4-5H,6H2,1-3H3;3-4H,2H2,1H3;3-4H,5H2,1-2H3;2-3,5H,4H2,1H3;3,5H,4H2,1-2H3;3-5H,6H2,1-2H3. The van der Waals surface area contributed by atoms with Crippen LogP contribution in [0.15, 0.2) is 166 Å². The predicted molar refractivity (Wildman–Crippen MR) is 464 cm³/mol. The molecular formula is C94H98Cl2F7N9O3. The Balaban J connectivity index is 0.000000137. The van der Waals surface area contributed by atoms with Gasteiger partial charge >= 0.3 is 12.5 Å². The number of ether oxygens (including phenoxy) is 3. The Morgan fingerprint density at radius 1 is 0.296 bits per heavy atom. The molecule has 0 saturated carbocycles. The van der Waals surface area contributed by atoms with Gasteiger partial charge in [-0.3, -0.25) is 44.9 Å². The van der Waals surface area contributed by atoms with E-state index in [1.165, 1.54) is 153 Å². The Bertz CT molecular complexity index is 5440. The molecule has 0 radical (unpaired) electrons. The van der Waals surface area contributed by atoms with Gasteiger partial charge in [0.05, 0.1) is 76.0 Å². The second kappa shape index (κ2) is 37.0. The molecule has 0 saturated heterocycles. The Labute approximate surface area is 681 Å². The molecule has 9 aliphatic heterocycles. The van der Waals surface area contributed by atoms with Gasteiger partial charge in [0.25, 0.3) is 0 Å². The monoisotopic (exact) mass is 1600 g/mol. The van der Waals surface area contributed by atoms with Gasteiger partial charge in [-0.1, -0.05) is 53.5 Å². The van der Waals surface area contributed by atoms with Crippen LogP contribution in [-0.4, -0.2) is 72.0 Å². The number of benzene rings is 9. The summed E-state index contributed by atoms with van der Waals surface area (Å²) in [5, 5.41) is 0.554. The topological polar surface area (TPSA) is 139 Å². The molecule has 9 aromatic carbocycles. The van der Waals surface area contributed by atoms with Crippen LogP contribution in [0.3, 0.4) is 0 Å². The average Bonchev–Trinajstić information content (AvgIpc) is 1.69. The molecule has 0 fully saturated rings. The SMILES string of the molecule is CC1=Nc2cc(C)c(C)cc2C1.CC1=Nc2cc(C)c(F)cc2C1.CC1=Nc2cc(C)cc(C)c2C1.CC1=Nc2cc(C)cc(C)c2C1.CC1=Nc2cc(C)ccc2C1.CC1=Nc2cc(Cl)c(C(F)(F)F)cc2C1.CC1=Nc2ccc(Cl)c(C)c2C1.CC1=Nc2ccc(OC(F)(F)F)cc2C1.COc1cc2c(cc1OC)N=C(C)C2. The van der Waals surface area contributed by atoms with Crippen molar-refractivity contribution in [2.24, 2.45) is 44.9 Å². The molecule has 0 aromatic heterocycles. The van der Waals surface area contributed by atoms with Crippen molar-refractivity contribution >= 4 is 126 Å². The van der Waals surface area contributed by atoms with Gasteiger partial charge in [-0.25, -0.2) is 4.39 Å². The number of aliphatic imine (C=N–C) groups is 9. The molecule has 21 heteroatoms. The molecule has 0 unspecified atom stereocenters. The van der Waals surface area contributed by atoms with Crippen molar-refractivity contribution in [3.8, 4) is 17.2 Å². The number of halogens is 9. The third-order valence-electron chi connectivity index (χ3n) is 20.1. The number of alkyl halides is 6. The average molecular weight is 1610 g/mol. The zero-order valence-electron chi connectivity index (χ0n) is 69.1. The van der Waals surface area contributed by atoms with Gasteiger partial charge in [0.2, 0.25) is 0 Å². The van der Waals surface area contributed by atoms with Crippen molar-refractivity contribution in [3.05, 3.63) is 243 Å². The Morgan fingerprint density at radius 3 is 1.17 bits per heavy atom. The molecule has 600 valence electrons. The van der Waals surface area contributed by atoms with Gasteiger partial charge < -0.3 is 14.2 Å². The van der Waals surface area contributed by atoms with E-state index in [2.05, 4.69) is 187 Å². The summed E-state index contributed by atoms with van der Waals surface area (Å²) in [7, 11) is 3.28. The molecule has 9 aromatic rings. The summed E-state index contributed by atoms with van der Waals surface area (Å²) in [6, 6.07) is 37.4. The lowest BCUT2D eigenvalue weighted by atomic mass is 10.0. The van der Waals surface area contributed by atoms with E-state index >= 15 is 0 Å². The van der Waals surface area contributed by atoms with Crippen LogP contribution in [0, 0.1) is 68.1 Å². The van der Waals surface area contributed by atoms with E-state index in [-0.39, 0.29) is 16.6 Å². The van der Waals surface area contributed by atoms with E-state index < -0.39 is 18.1 Å². The lowest BCUT2D eigenvalue weighted by Gasteiger charge is -2.10. The summed E-state index contributed by atoms with van der Waals surface area (Å²) in [5.41, 5.74) is 39.9. The van der Waals surface area contributed by atoms with Crippen LogP contribution in [0.1, 0.15) is 168 Å². The first-order valence-corrected chi connectivity index (χ1v) is 38.8. The van der Waals surface area contributed by atoms with Crippen LogP contribution in [0.5, 0.6) is 17.2 Å². The van der Waals surface area contributed by atoms with E-state index in [1.54, 1.807) is 40.2 Å². The van der Waals surface area contributed by atoms with Gasteiger partial charge in [-0.05, 0) is 310 Å². The Hall–Kier alpha value is -10.5. The van der Waals surface area contributed by atoms with Crippen molar-refractivity contribution < 1.29 is 44.9 Å². The van der Waals surface area contributed by atoms with Crippen LogP contribution in [0.4, 0.5) is 81.9 Å². The van der Waals surface area contributed by atoms with Gasteiger partial charge in [0, 0.05) is 120 Å². The molecule has 9 heterocycles. The van der Waals surface area contributed by atoms with Crippen molar-refractivity contribution in [2.45, 2.75) is 195 Å². The molecule has 12 nitrogen and oxygen atoms in total. The third kappa shape index (κ3) is 23.0. The fourth-order valence-electron chi connectivity index (χ4n) is 14.5. The molecule has 0 aliphatic carbocycles. The molecule has 0 N–H and O–H groups in total. The number of methoxy groups -OCH3 is 2. The summed E-state index contributed by atoms with van der Waals surface area (Å²) in [6.45, 7) is 36.8. The van der Waals surface area contributed by atoms with Crippen LogP contribution in [-0.2, 0) is 64.0 Å². The number of hydrogen-bond acceptors (Lipinski definition) is 12. The highest BCUT2D eigenvalue weighted by Crippen LogP contribution is 2.43. The molecule has 0 bridgehead atoms. The molecule has 18 rings (SSSR count). The first-order valence-electron chi connectivity index (χ1n) is 38.0. The highest BCUT2D eigenvalue weighted by Gasteiger charge is 2.35. The summed E-state index contributed by atoms with van der Waals surface area (Å²) in [5.74, 6) is 1.20. The molecule has 0 spiro atoms. The molecule has 115 heavy (non-hydrogen) atoms. The lowest BCUT2D eigenvalue weighted by molar-refractivity contribution is -0.274. The maximum absolute atomic E-state index is 13.1.